The average Bonchev–Trinajstić information content (AvgIpc) is 2.75. The van der Waals surface area contributed by atoms with E-state index in [2.05, 4.69) is 15.9 Å². The second-order valence-corrected chi connectivity index (χ2v) is 6.68. The standard InChI is InChI=1S/C12H14BrNO3S/c13-10-5-8(7-18-10)12(17)14-4-2-1-3-9(14)6-11(15)16/h5,7,9H,1-4,6H2,(H,15,16). The van der Waals surface area contributed by atoms with Crippen LogP contribution in [-0.4, -0.2) is 34.5 Å². The van der Waals surface area contributed by atoms with E-state index in [4.69, 9.17) is 5.11 Å². The summed E-state index contributed by atoms with van der Waals surface area (Å²) >= 11 is 4.80. The molecule has 1 aliphatic heterocycles. The van der Waals surface area contributed by atoms with Crippen molar-refractivity contribution in [2.75, 3.05) is 6.54 Å². The van der Waals surface area contributed by atoms with Gasteiger partial charge < -0.3 is 10.0 Å². The third kappa shape index (κ3) is 3.11. The molecule has 0 radical (unpaired) electrons. The van der Waals surface area contributed by atoms with E-state index >= 15 is 0 Å². The predicted octanol–water partition coefficient (Wildman–Crippen LogP) is 2.98. The number of carboxylic acids is 1. The lowest BCUT2D eigenvalue weighted by Gasteiger charge is -2.34. The molecule has 18 heavy (non-hydrogen) atoms. The number of nitrogens with zero attached hydrogens (tertiary/aromatic N) is 1. The first-order chi connectivity index (χ1) is 8.58. The molecule has 1 unspecified atom stereocenters. The molecule has 0 spiro atoms. The fourth-order valence-electron chi connectivity index (χ4n) is 2.27. The topological polar surface area (TPSA) is 57.6 Å². The van der Waals surface area contributed by atoms with Crippen molar-refractivity contribution in [1.82, 2.24) is 4.90 Å². The highest BCUT2D eigenvalue weighted by atomic mass is 79.9. The summed E-state index contributed by atoms with van der Waals surface area (Å²) in [7, 11) is 0. The molecule has 98 valence electrons. The van der Waals surface area contributed by atoms with Crippen molar-refractivity contribution < 1.29 is 14.7 Å². The molecule has 1 amide bonds. The van der Waals surface area contributed by atoms with Crippen LogP contribution in [0.25, 0.3) is 0 Å². The molecule has 1 atom stereocenters. The zero-order valence-corrected chi connectivity index (χ0v) is 12.2. The summed E-state index contributed by atoms with van der Waals surface area (Å²) < 4.78 is 0.914. The van der Waals surface area contributed by atoms with Gasteiger partial charge in [-0.15, -0.1) is 11.3 Å². The molecule has 1 fully saturated rings. The van der Waals surface area contributed by atoms with Gasteiger partial charge >= 0.3 is 5.97 Å². The molecular weight excluding hydrogens is 318 g/mol. The Hall–Kier alpha value is -0.880. The van der Waals surface area contributed by atoms with Crippen LogP contribution < -0.4 is 0 Å². The zero-order valence-electron chi connectivity index (χ0n) is 9.76. The Kier molecular flexibility index (Phi) is 4.40. The van der Waals surface area contributed by atoms with Crippen LogP contribution in [0.2, 0.25) is 0 Å². The first-order valence-corrected chi connectivity index (χ1v) is 7.52. The van der Waals surface area contributed by atoms with Crippen LogP contribution in [0.1, 0.15) is 36.0 Å². The molecule has 2 rings (SSSR count). The van der Waals surface area contributed by atoms with E-state index in [1.54, 1.807) is 16.3 Å². The minimum Gasteiger partial charge on any atom is -0.481 e. The lowest BCUT2D eigenvalue weighted by Crippen LogP contribution is -2.44. The van der Waals surface area contributed by atoms with Crippen molar-refractivity contribution in [2.24, 2.45) is 0 Å². The van der Waals surface area contributed by atoms with Gasteiger partial charge in [-0.1, -0.05) is 0 Å². The van der Waals surface area contributed by atoms with Crippen LogP contribution in [-0.2, 0) is 4.79 Å². The number of amides is 1. The third-order valence-electron chi connectivity index (χ3n) is 3.11. The molecule has 1 N–H and O–H groups in total. The predicted molar refractivity (Wildman–Crippen MR) is 72.9 cm³/mol. The van der Waals surface area contributed by atoms with Gasteiger partial charge in [0.05, 0.1) is 15.8 Å². The Labute approximate surface area is 118 Å². The van der Waals surface area contributed by atoms with Crippen LogP contribution in [0.4, 0.5) is 0 Å². The largest absolute Gasteiger partial charge is 0.481 e. The van der Waals surface area contributed by atoms with E-state index in [0.29, 0.717) is 12.1 Å². The van der Waals surface area contributed by atoms with Gasteiger partial charge in [-0.2, -0.15) is 0 Å². The molecule has 1 aromatic rings. The van der Waals surface area contributed by atoms with E-state index in [0.717, 1.165) is 23.0 Å². The Bertz CT molecular complexity index is 460. The summed E-state index contributed by atoms with van der Waals surface area (Å²) in [5.74, 6) is -0.894. The fraction of sp³-hybridized carbons (Fsp3) is 0.500. The molecule has 0 aromatic carbocycles. The maximum absolute atomic E-state index is 12.3. The SMILES string of the molecule is O=C(O)CC1CCCCN1C(=O)c1csc(Br)c1. The highest BCUT2D eigenvalue weighted by Crippen LogP contribution is 2.26. The molecule has 2 heterocycles. The van der Waals surface area contributed by atoms with Crippen LogP contribution in [0.3, 0.4) is 0 Å². The number of carbonyl (C=O) groups excluding carboxylic acids is 1. The summed E-state index contributed by atoms with van der Waals surface area (Å²) in [6, 6.07) is 1.63. The molecule has 0 aliphatic carbocycles. The summed E-state index contributed by atoms with van der Waals surface area (Å²) in [6.07, 6.45) is 2.77. The summed E-state index contributed by atoms with van der Waals surface area (Å²) in [6.45, 7) is 0.657. The molecule has 1 aliphatic rings. The molecule has 1 aromatic heterocycles. The van der Waals surface area contributed by atoms with Gasteiger partial charge in [0, 0.05) is 18.0 Å². The minimum atomic E-state index is -0.841. The maximum atomic E-state index is 12.3. The fourth-order valence-corrected chi connectivity index (χ4v) is 3.40. The van der Waals surface area contributed by atoms with E-state index in [9.17, 15) is 9.59 Å². The van der Waals surface area contributed by atoms with Crippen molar-refractivity contribution in [2.45, 2.75) is 31.7 Å². The van der Waals surface area contributed by atoms with Crippen molar-refractivity contribution in [1.29, 1.82) is 0 Å². The number of rotatable bonds is 3. The van der Waals surface area contributed by atoms with Crippen molar-refractivity contribution in [3.05, 3.63) is 20.8 Å². The molecule has 6 heteroatoms. The lowest BCUT2D eigenvalue weighted by molar-refractivity contribution is -0.138. The highest BCUT2D eigenvalue weighted by Gasteiger charge is 2.29. The number of carbonyl (C=O) groups is 2. The number of halogens is 1. The minimum absolute atomic E-state index is 0.0387. The van der Waals surface area contributed by atoms with Crippen LogP contribution in [0.5, 0.6) is 0 Å². The lowest BCUT2D eigenvalue weighted by atomic mass is 9.98. The summed E-state index contributed by atoms with van der Waals surface area (Å²) in [5, 5.41) is 10.7. The molecule has 0 saturated carbocycles. The van der Waals surface area contributed by atoms with Crippen LogP contribution >= 0.6 is 27.3 Å². The number of aliphatic carboxylic acids is 1. The summed E-state index contributed by atoms with van der Waals surface area (Å²) in [4.78, 5) is 24.9. The Morgan fingerprint density at radius 1 is 1.50 bits per heavy atom. The average molecular weight is 332 g/mol. The highest BCUT2D eigenvalue weighted by molar-refractivity contribution is 9.11. The third-order valence-corrected chi connectivity index (χ3v) is 4.62. The maximum Gasteiger partial charge on any atom is 0.305 e. The second kappa shape index (κ2) is 5.84. The van der Waals surface area contributed by atoms with Gasteiger partial charge in [0.15, 0.2) is 0 Å². The van der Waals surface area contributed by atoms with E-state index in [1.807, 2.05) is 0 Å². The van der Waals surface area contributed by atoms with Gasteiger partial charge in [-0.3, -0.25) is 9.59 Å². The summed E-state index contributed by atoms with van der Waals surface area (Å²) in [5.41, 5.74) is 0.643. The molecule has 4 nitrogen and oxygen atoms in total. The first kappa shape index (κ1) is 13.5. The van der Waals surface area contributed by atoms with Crippen molar-refractivity contribution in [3.8, 4) is 0 Å². The monoisotopic (exact) mass is 331 g/mol. The normalized spacial score (nSPS) is 19.8. The van der Waals surface area contributed by atoms with Gasteiger partial charge in [0.2, 0.25) is 0 Å². The smallest absolute Gasteiger partial charge is 0.305 e. The van der Waals surface area contributed by atoms with Gasteiger partial charge in [-0.05, 0) is 41.3 Å². The van der Waals surface area contributed by atoms with Gasteiger partial charge in [0.1, 0.15) is 0 Å². The van der Waals surface area contributed by atoms with E-state index < -0.39 is 5.97 Å². The van der Waals surface area contributed by atoms with Crippen molar-refractivity contribution in [3.63, 3.8) is 0 Å². The quantitative estimate of drug-likeness (QED) is 0.926. The number of likely N-dealkylation sites (tertiary alicyclic amines) is 1. The Morgan fingerprint density at radius 2 is 2.28 bits per heavy atom. The number of hydrogen-bond acceptors (Lipinski definition) is 3. The first-order valence-electron chi connectivity index (χ1n) is 5.84. The second-order valence-electron chi connectivity index (χ2n) is 4.39. The number of hydrogen-bond donors (Lipinski definition) is 1. The zero-order chi connectivity index (χ0) is 13.1. The number of piperidine rings is 1. The van der Waals surface area contributed by atoms with E-state index in [1.165, 1.54) is 11.3 Å². The van der Waals surface area contributed by atoms with Crippen molar-refractivity contribution >= 4 is 39.1 Å². The van der Waals surface area contributed by atoms with E-state index in [-0.39, 0.29) is 18.4 Å². The van der Waals surface area contributed by atoms with Gasteiger partial charge in [-0.25, -0.2) is 0 Å². The molecule has 1 saturated heterocycles. The Balaban J connectivity index is 2.13. The Morgan fingerprint density at radius 3 is 2.89 bits per heavy atom. The molecule has 0 bridgehead atoms. The number of carboxylic acid groups (broad SMARTS) is 1. The van der Waals surface area contributed by atoms with Gasteiger partial charge in [0.25, 0.3) is 5.91 Å². The van der Waals surface area contributed by atoms with Crippen LogP contribution in [0, 0.1) is 0 Å². The number of thiophene rings is 1. The van der Waals surface area contributed by atoms with Crippen LogP contribution in [0.15, 0.2) is 15.2 Å². The molecular formula is C12H14BrNO3S.